The fraction of sp³-hybridized carbons (Fsp3) is 0.267. The molecule has 0 saturated carbocycles. The summed E-state index contributed by atoms with van der Waals surface area (Å²) in [5, 5.41) is 6.04. The Morgan fingerprint density at radius 1 is 1.33 bits per heavy atom. The lowest BCUT2D eigenvalue weighted by Crippen LogP contribution is -2.32. The first kappa shape index (κ1) is 15.4. The van der Waals surface area contributed by atoms with Gasteiger partial charge in [-0.25, -0.2) is 9.97 Å². The van der Waals surface area contributed by atoms with Crippen molar-refractivity contribution in [3.05, 3.63) is 46.8 Å². The van der Waals surface area contributed by atoms with E-state index in [9.17, 15) is 4.79 Å². The number of benzene rings is 1. The molecule has 1 aromatic heterocycles. The molecule has 1 atom stereocenters. The highest BCUT2D eigenvalue weighted by molar-refractivity contribution is 9.10. The number of halogens is 1. The van der Waals surface area contributed by atoms with Gasteiger partial charge in [0.15, 0.2) is 0 Å². The minimum absolute atomic E-state index is 0.118. The van der Waals surface area contributed by atoms with E-state index < -0.39 is 0 Å². The smallest absolute Gasteiger partial charge is 0.270 e. The maximum atomic E-state index is 12.0. The molecule has 0 saturated heterocycles. The minimum atomic E-state index is -0.193. The van der Waals surface area contributed by atoms with Crippen molar-refractivity contribution in [1.29, 1.82) is 0 Å². The quantitative estimate of drug-likeness (QED) is 0.867. The predicted molar refractivity (Wildman–Crippen MR) is 86.7 cm³/mol. The maximum Gasteiger partial charge on any atom is 0.270 e. The Labute approximate surface area is 132 Å². The Hall–Kier alpha value is -1.95. The first-order chi connectivity index (χ1) is 10.1. The third-order valence-electron chi connectivity index (χ3n) is 3.03. The molecular formula is C15H17BrN4O. The molecule has 0 radical (unpaired) electrons. The molecule has 6 heteroatoms. The van der Waals surface area contributed by atoms with Gasteiger partial charge >= 0.3 is 0 Å². The molecule has 0 aliphatic carbocycles. The third-order valence-corrected chi connectivity index (χ3v) is 3.72. The van der Waals surface area contributed by atoms with Crippen molar-refractivity contribution in [3.8, 4) is 0 Å². The van der Waals surface area contributed by atoms with Gasteiger partial charge in [0.25, 0.3) is 5.91 Å². The highest BCUT2D eigenvalue weighted by Gasteiger charge is 2.11. The van der Waals surface area contributed by atoms with Gasteiger partial charge in [0.05, 0.1) is 5.69 Å². The van der Waals surface area contributed by atoms with Crippen LogP contribution in [0.15, 0.2) is 41.1 Å². The van der Waals surface area contributed by atoms with E-state index in [0.29, 0.717) is 11.5 Å². The molecule has 2 rings (SSSR count). The number of amides is 1. The van der Waals surface area contributed by atoms with Crippen molar-refractivity contribution in [1.82, 2.24) is 15.3 Å². The lowest BCUT2D eigenvalue weighted by atomic mass is 10.2. The number of aromatic nitrogens is 2. The molecule has 0 aliphatic heterocycles. The van der Waals surface area contributed by atoms with Crippen LogP contribution in [0.4, 0.5) is 11.5 Å². The molecule has 0 spiro atoms. The van der Waals surface area contributed by atoms with Crippen LogP contribution < -0.4 is 10.6 Å². The first-order valence-electron chi connectivity index (χ1n) is 6.74. The van der Waals surface area contributed by atoms with Gasteiger partial charge in [0.2, 0.25) is 0 Å². The lowest BCUT2D eigenvalue weighted by Gasteiger charge is -2.12. The van der Waals surface area contributed by atoms with Crippen molar-refractivity contribution < 1.29 is 4.79 Å². The highest BCUT2D eigenvalue weighted by Crippen LogP contribution is 2.24. The second kappa shape index (κ2) is 7.17. The van der Waals surface area contributed by atoms with E-state index in [1.54, 1.807) is 6.07 Å². The monoisotopic (exact) mass is 348 g/mol. The zero-order valence-electron chi connectivity index (χ0n) is 11.9. The van der Waals surface area contributed by atoms with Crippen LogP contribution in [0.3, 0.4) is 0 Å². The number of para-hydroxylation sites is 1. The van der Waals surface area contributed by atoms with E-state index in [1.807, 2.05) is 38.1 Å². The van der Waals surface area contributed by atoms with Crippen molar-refractivity contribution in [3.63, 3.8) is 0 Å². The fourth-order valence-corrected chi connectivity index (χ4v) is 2.03. The van der Waals surface area contributed by atoms with Crippen LogP contribution in [0.1, 0.15) is 30.8 Å². The van der Waals surface area contributed by atoms with E-state index >= 15 is 0 Å². The zero-order chi connectivity index (χ0) is 15.2. The van der Waals surface area contributed by atoms with Gasteiger partial charge in [-0.05, 0) is 41.4 Å². The third kappa shape index (κ3) is 4.26. The number of hydrogen-bond acceptors (Lipinski definition) is 4. The number of nitrogens with one attached hydrogen (secondary N) is 2. The van der Waals surface area contributed by atoms with E-state index in [-0.39, 0.29) is 11.9 Å². The molecule has 21 heavy (non-hydrogen) atoms. The Kier molecular flexibility index (Phi) is 5.27. The number of anilines is 2. The predicted octanol–water partition coefficient (Wildman–Crippen LogP) is 3.51. The minimum Gasteiger partial charge on any atom is -0.348 e. The summed E-state index contributed by atoms with van der Waals surface area (Å²) in [5.74, 6) is 0.383. The van der Waals surface area contributed by atoms with Crippen molar-refractivity contribution in [2.45, 2.75) is 26.3 Å². The number of carbonyl (C=O) groups excluding carboxylic acids is 1. The SMILES string of the molecule is CCC(C)NC(=O)c1cc(Nc2ccccc2Br)ncn1. The number of carbonyl (C=O) groups is 1. The number of rotatable bonds is 5. The van der Waals surface area contributed by atoms with E-state index in [2.05, 4.69) is 36.5 Å². The topological polar surface area (TPSA) is 66.9 Å². The number of hydrogen-bond donors (Lipinski definition) is 2. The van der Waals surface area contributed by atoms with Crippen LogP contribution in [-0.2, 0) is 0 Å². The molecule has 2 N–H and O–H groups in total. The summed E-state index contributed by atoms with van der Waals surface area (Å²) in [6.07, 6.45) is 2.25. The van der Waals surface area contributed by atoms with Crippen LogP contribution in [0, 0.1) is 0 Å². The lowest BCUT2D eigenvalue weighted by molar-refractivity contribution is 0.0934. The van der Waals surface area contributed by atoms with Crippen molar-refractivity contribution in [2.75, 3.05) is 5.32 Å². The van der Waals surface area contributed by atoms with Crippen LogP contribution in [0.25, 0.3) is 0 Å². The Morgan fingerprint density at radius 3 is 2.81 bits per heavy atom. The largest absolute Gasteiger partial charge is 0.348 e. The van der Waals surface area contributed by atoms with E-state index in [1.165, 1.54) is 6.33 Å². The summed E-state index contributed by atoms with van der Waals surface area (Å²) in [7, 11) is 0. The normalized spacial score (nSPS) is 11.8. The van der Waals surface area contributed by atoms with Crippen LogP contribution in [-0.4, -0.2) is 21.9 Å². The fourth-order valence-electron chi connectivity index (χ4n) is 1.65. The molecule has 5 nitrogen and oxygen atoms in total. The molecule has 1 heterocycles. The summed E-state index contributed by atoms with van der Waals surface area (Å²) >= 11 is 3.46. The molecule has 110 valence electrons. The highest BCUT2D eigenvalue weighted by atomic mass is 79.9. The number of nitrogens with zero attached hydrogens (tertiary/aromatic N) is 2. The van der Waals surface area contributed by atoms with Gasteiger partial charge in [-0.1, -0.05) is 19.1 Å². The standard InChI is InChI=1S/C15H17BrN4O/c1-3-10(2)19-15(21)13-8-14(18-9-17-13)20-12-7-5-4-6-11(12)16/h4-10H,3H2,1-2H3,(H,19,21)(H,17,18,20). The van der Waals surface area contributed by atoms with Crippen molar-refractivity contribution in [2.24, 2.45) is 0 Å². The second-order valence-electron chi connectivity index (χ2n) is 4.68. The Balaban J connectivity index is 2.14. The van der Waals surface area contributed by atoms with Gasteiger partial charge in [0, 0.05) is 16.6 Å². The molecule has 1 unspecified atom stereocenters. The van der Waals surface area contributed by atoms with E-state index in [4.69, 9.17) is 0 Å². The molecule has 0 fully saturated rings. The molecular weight excluding hydrogens is 332 g/mol. The van der Waals surface area contributed by atoms with E-state index in [0.717, 1.165) is 16.6 Å². The first-order valence-corrected chi connectivity index (χ1v) is 7.54. The van der Waals surface area contributed by atoms with Crippen LogP contribution in [0.2, 0.25) is 0 Å². The van der Waals surface area contributed by atoms with Gasteiger partial charge < -0.3 is 10.6 Å². The van der Waals surface area contributed by atoms with Crippen LogP contribution >= 0.6 is 15.9 Å². The summed E-state index contributed by atoms with van der Waals surface area (Å²) in [4.78, 5) is 20.2. The summed E-state index contributed by atoms with van der Waals surface area (Å²) in [6.45, 7) is 3.98. The summed E-state index contributed by atoms with van der Waals surface area (Å²) < 4.78 is 0.925. The van der Waals surface area contributed by atoms with Gasteiger partial charge in [-0.3, -0.25) is 4.79 Å². The molecule has 1 aromatic carbocycles. The van der Waals surface area contributed by atoms with Gasteiger partial charge in [-0.15, -0.1) is 0 Å². The molecule has 2 aromatic rings. The maximum absolute atomic E-state index is 12.0. The molecule has 0 bridgehead atoms. The molecule has 1 amide bonds. The summed E-state index contributed by atoms with van der Waals surface area (Å²) in [5.41, 5.74) is 1.23. The zero-order valence-corrected chi connectivity index (χ0v) is 13.5. The Morgan fingerprint density at radius 2 is 2.10 bits per heavy atom. The molecule has 0 aliphatic rings. The Bertz CT molecular complexity index is 633. The average molecular weight is 349 g/mol. The average Bonchev–Trinajstić information content (AvgIpc) is 2.49. The van der Waals surface area contributed by atoms with Gasteiger partial charge in [-0.2, -0.15) is 0 Å². The summed E-state index contributed by atoms with van der Waals surface area (Å²) in [6, 6.07) is 9.46. The van der Waals surface area contributed by atoms with Crippen molar-refractivity contribution >= 4 is 33.3 Å². The second-order valence-corrected chi connectivity index (χ2v) is 5.53. The van der Waals surface area contributed by atoms with Gasteiger partial charge in [0.1, 0.15) is 17.8 Å². The van der Waals surface area contributed by atoms with Crippen LogP contribution in [0.5, 0.6) is 0 Å².